The fraction of sp³-hybridized carbons (Fsp3) is 0.259. The molecule has 0 heterocycles. The summed E-state index contributed by atoms with van der Waals surface area (Å²) in [4.78, 5) is 27.9. The number of hydrogen-bond acceptors (Lipinski definition) is 4. The molecule has 184 valence electrons. The molecule has 0 aliphatic heterocycles. The van der Waals surface area contributed by atoms with Crippen LogP contribution in [0.3, 0.4) is 0 Å². The second kappa shape index (κ2) is 12.2. The van der Waals surface area contributed by atoms with Gasteiger partial charge in [-0.05, 0) is 60.0 Å². The number of benzene rings is 3. The van der Waals surface area contributed by atoms with E-state index in [1.807, 2.05) is 12.1 Å². The van der Waals surface area contributed by atoms with E-state index < -0.39 is 6.04 Å². The maximum atomic E-state index is 13.4. The Bertz CT molecular complexity index is 1150. The average Bonchev–Trinajstić information content (AvgIpc) is 2.87. The minimum atomic E-state index is -0.764. The molecule has 0 bridgehead atoms. The molecule has 0 spiro atoms. The third-order valence-electron chi connectivity index (χ3n) is 5.62. The van der Waals surface area contributed by atoms with Gasteiger partial charge in [0.05, 0.1) is 20.6 Å². The van der Waals surface area contributed by atoms with Crippen molar-refractivity contribution in [2.45, 2.75) is 32.5 Å². The zero-order valence-corrected chi connectivity index (χ0v) is 20.6. The number of nitrogens with one attached hydrogen (secondary N) is 1. The Morgan fingerprint density at radius 2 is 1.51 bits per heavy atom. The van der Waals surface area contributed by atoms with E-state index in [2.05, 4.69) is 5.32 Å². The van der Waals surface area contributed by atoms with Gasteiger partial charge in [-0.1, -0.05) is 41.9 Å². The minimum Gasteiger partial charge on any atom is -0.493 e. The summed E-state index contributed by atoms with van der Waals surface area (Å²) in [7, 11) is 3.06. The van der Waals surface area contributed by atoms with Crippen LogP contribution in [0, 0.1) is 5.82 Å². The summed E-state index contributed by atoms with van der Waals surface area (Å²) in [5, 5.41) is 3.48. The Morgan fingerprint density at radius 1 is 0.914 bits per heavy atom. The normalized spacial score (nSPS) is 11.5. The van der Waals surface area contributed by atoms with Crippen LogP contribution in [0.4, 0.5) is 4.39 Å². The standard InChI is InChI=1S/C27H28ClFN2O4/c1-18(27(33)30-16-19-4-9-22(28)10-5-19)31(17-20-6-11-23(29)12-7-20)26(32)15-21-8-13-24(34-2)25(14-21)35-3/h4-14,18H,15-17H2,1-3H3,(H,30,33). The summed E-state index contributed by atoms with van der Waals surface area (Å²) in [5.41, 5.74) is 2.31. The zero-order valence-electron chi connectivity index (χ0n) is 19.9. The predicted octanol–water partition coefficient (Wildman–Crippen LogP) is 4.77. The van der Waals surface area contributed by atoms with E-state index in [0.29, 0.717) is 34.2 Å². The molecular weight excluding hydrogens is 471 g/mol. The zero-order chi connectivity index (χ0) is 25.4. The molecule has 6 nitrogen and oxygen atoms in total. The highest BCUT2D eigenvalue weighted by atomic mass is 35.5. The Morgan fingerprint density at radius 3 is 2.14 bits per heavy atom. The van der Waals surface area contributed by atoms with Gasteiger partial charge in [0.25, 0.3) is 0 Å². The molecule has 2 amide bonds. The number of carbonyl (C=O) groups is 2. The quantitative estimate of drug-likeness (QED) is 0.437. The first-order chi connectivity index (χ1) is 16.8. The van der Waals surface area contributed by atoms with Gasteiger partial charge in [-0.2, -0.15) is 0 Å². The lowest BCUT2D eigenvalue weighted by Crippen LogP contribution is -2.48. The van der Waals surface area contributed by atoms with E-state index in [0.717, 1.165) is 5.56 Å². The molecule has 0 aromatic heterocycles. The maximum absolute atomic E-state index is 13.4. The molecule has 3 aromatic rings. The third-order valence-corrected chi connectivity index (χ3v) is 5.87. The number of halogens is 2. The monoisotopic (exact) mass is 498 g/mol. The van der Waals surface area contributed by atoms with Gasteiger partial charge in [0.15, 0.2) is 11.5 Å². The van der Waals surface area contributed by atoms with Crippen LogP contribution < -0.4 is 14.8 Å². The molecule has 0 radical (unpaired) electrons. The molecular formula is C27H28ClFN2O4. The summed E-state index contributed by atoms with van der Waals surface area (Å²) in [6.07, 6.45) is 0.0519. The van der Waals surface area contributed by atoms with Crippen molar-refractivity contribution < 1.29 is 23.5 Å². The van der Waals surface area contributed by atoms with Gasteiger partial charge in [-0.3, -0.25) is 9.59 Å². The SMILES string of the molecule is COc1ccc(CC(=O)N(Cc2ccc(F)cc2)C(C)C(=O)NCc2ccc(Cl)cc2)cc1OC. The maximum Gasteiger partial charge on any atom is 0.242 e. The lowest BCUT2D eigenvalue weighted by atomic mass is 10.1. The fourth-order valence-corrected chi connectivity index (χ4v) is 3.70. The molecule has 1 N–H and O–H groups in total. The minimum absolute atomic E-state index is 0.0519. The number of hydrogen-bond donors (Lipinski definition) is 1. The molecule has 0 aliphatic rings. The summed E-state index contributed by atoms with van der Waals surface area (Å²) >= 11 is 5.92. The highest BCUT2D eigenvalue weighted by molar-refractivity contribution is 6.30. The van der Waals surface area contributed by atoms with Gasteiger partial charge >= 0.3 is 0 Å². The van der Waals surface area contributed by atoms with Crippen molar-refractivity contribution in [2.24, 2.45) is 0 Å². The van der Waals surface area contributed by atoms with Crippen LogP contribution >= 0.6 is 11.6 Å². The molecule has 3 aromatic carbocycles. The van der Waals surface area contributed by atoms with Crippen LogP contribution in [0.1, 0.15) is 23.6 Å². The van der Waals surface area contributed by atoms with Crippen molar-refractivity contribution in [2.75, 3.05) is 14.2 Å². The molecule has 0 fully saturated rings. The summed E-state index contributed by atoms with van der Waals surface area (Å²) in [6, 6.07) is 17.5. The van der Waals surface area contributed by atoms with Crippen LogP contribution in [0.25, 0.3) is 0 Å². The topological polar surface area (TPSA) is 67.9 Å². The van der Waals surface area contributed by atoms with Crippen LogP contribution in [-0.4, -0.2) is 37.0 Å². The number of nitrogens with zero attached hydrogens (tertiary/aromatic N) is 1. The Balaban J connectivity index is 1.77. The first-order valence-electron chi connectivity index (χ1n) is 11.1. The van der Waals surface area contributed by atoms with Crippen molar-refractivity contribution in [1.82, 2.24) is 10.2 Å². The van der Waals surface area contributed by atoms with Crippen molar-refractivity contribution in [3.8, 4) is 11.5 Å². The molecule has 3 rings (SSSR count). The summed E-state index contributed by atoms with van der Waals surface area (Å²) < 4.78 is 24.0. The van der Waals surface area contributed by atoms with E-state index >= 15 is 0 Å². The highest BCUT2D eigenvalue weighted by Crippen LogP contribution is 2.28. The van der Waals surface area contributed by atoms with Crippen LogP contribution in [0.15, 0.2) is 66.7 Å². The Kier molecular flexibility index (Phi) is 9.09. The van der Waals surface area contributed by atoms with Crippen molar-refractivity contribution in [3.63, 3.8) is 0 Å². The van der Waals surface area contributed by atoms with Crippen LogP contribution in [0.5, 0.6) is 11.5 Å². The van der Waals surface area contributed by atoms with Crippen molar-refractivity contribution >= 4 is 23.4 Å². The number of methoxy groups -OCH3 is 2. The van der Waals surface area contributed by atoms with Crippen molar-refractivity contribution in [3.05, 3.63) is 94.3 Å². The number of carbonyl (C=O) groups excluding carboxylic acids is 2. The second-order valence-electron chi connectivity index (χ2n) is 8.03. The van der Waals surface area contributed by atoms with E-state index in [1.54, 1.807) is 49.4 Å². The predicted molar refractivity (Wildman–Crippen MR) is 133 cm³/mol. The average molecular weight is 499 g/mol. The van der Waals surface area contributed by atoms with E-state index in [9.17, 15) is 14.0 Å². The molecule has 0 saturated heterocycles. The van der Waals surface area contributed by atoms with Gasteiger partial charge in [0, 0.05) is 18.1 Å². The Labute approximate surface area is 209 Å². The number of amides is 2. The second-order valence-corrected chi connectivity index (χ2v) is 8.47. The van der Waals surface area contributed by atoms with Gasteiger partial charge in [0.1, 0.15) is 11.9 Å². The van der Waals surface area contributed by atoms with Crippen LogP contribution in [0.2, 0.25) is 5.02 Å². The first kappa shape index (κ1) is 26.0. The molecule has 8 heteroatoms. The van der Waals surface area contributed by atoms with E-state index in [4.69, 9.17) is 21.1 Å². The summed E-state index contributed by atoms with van der Waals surface area (Å²) in [6.45, 7) is 2.13. The van der Waals surface area contributed by atoms with Crippen molar-refractivity contribution in [1.29, 1.82) is 0 Å². The lowest BCUT2D eigenvalue weighted by molar-refractivity contribution is -0.140. The number of ether oxygens (including phenoxy) is 2. The molecule has 0 saturated carbocycles. The molecule has 1 unspecified atom stereocenters. The highest BCUT2D eigenvalue weighted by Gasteiger charge is 2.26. The smallest absolute Gasteiger partial charge is 0.242 e. The fourth-order valence-electron chi connectivity index (χ4n) is 3.58. The molecule has 0 aliphatic carbocycles. The van der Waals surface area contributed by atoms with Gasteiger partial charge < -0.3 is 19.7 Å². The third kappa shape index (κ3) is 7.20. The lowest BCUT2D eigenvalue weighted by Gasteiger charge is -2.29. The first-order valence-corrected chi connectivity index (χ1v) is 11.5. The number of rotatable bonds is 10. The summed E-state index contributed by atoms with van der Waals surface area (Å²) in [5.74, 6) is 0.141. The van der Waals surface area contributed by atoms with E-state index in [-0.39, 0.29) is 30.6 Å². The van der Waals surface area contributed by atoms with Crippen LogP contribution in [-0.2, 0) is 29.1 Å². The largest absolute Gasteiger partial charge is 0.493 e. The molecule has 1 atom stereocenters. The van der Waals surface area contributed by atoms with Gasteiger partial charge in [-0.25, -0.2) is 4.39 Å². The Hall–Kier alpha value is -3.58. The molecule has 35 heavy (non-hydrogen) atoms. The van der Waals surface area contributed by atoms with E-state index in [1.165, 1.54) is 31.3 Å². The van der Waals surface area contributed by atoms with Gasteiger partial charge in [-0.15, -0.1) is 0 Å². The van der Waals surface area contributed by atoms with Gasteiger partial charge in [0.2, 0.25) is 11.8 Å².